The van der Waals surface area contributed by atoms with Crippen molar-refractivity contribution in [2.75, 3.05) is 50.1 Å². The van der Waals surface area contributed by atoms with E-state index in [0.29, 0.717) is 38.2 Å². The molecule has 2 aromatic carbocycles. The number of anilines is 2. The second kappa shape index (κ2) is 11.3. The number of ketones is 1. The Balaban J connectivity index is 1.43. The maximum absolute atomic E-state index is 12.1. The molecule has 0 N–H and O–H groups in total. The predicted octanol–water partition coefficient (Wildman–Crippen LogP) is 4.64. The number of fused-ring (bicyclic) bond motifs is 2. The molecule has 0 spiro atoms. The van der Waals surface area contributed by atoms with E-state index in [1.807, 2.05) is 14.0 Å². The van der Waals surface area contributed by atoms with Gasteiger partial charge in [0.1, 0.15) is 12.4 Å². The first-order valence-corrected chi connectivity index (χ1v) is 13.4. The van der Waals surface area contributed by atoms with Gasteiger partial charge < -0.3 is 19.4 Å². The van der Waals surface area contributed by atoms with E-state index in [1.165, 1.54) is 22.9 Å². The van der Waals surface area contributed by atoms with E-state index in [1.54, 1.807) is 12.2 Å². The molecule has 2 aliphatic heterocycles. The van der Waals surface area contributed by atoms with Crippen molar-refractivity contribution in [2.45, 2.75) is 45.2 Å². The third kappa shape index (κ3) is 5.62. The zero-order valence-corrected chi connectivity index (χ0v) is 22.2. The van der Waals surface area contributed by atoms with Gasteiger partial charge in [-0.25, -0.2) is 0 Å². The largest absolute Gasteiger partial charge is 0.462 e. The quantitative estimate of drug-likeness (QED) is 0.398. The van der Waals surface area contributed by atoms with E-state index in [0.717, 1.165) is 43.0 Å². The number of aromatic nitrogens is 2. The second-order valence-corrected chi connectivity index (χ2v) is 10.2. The highest BCUT2D eigenvalue weighted by atomic mass is 16.5. The summed E-state index contributed by atoms with van der Waals surface area (Å²) in [6, 6.07) is 15.8. The van der Waals surface area contributed by atoms with Crippen LogP contribution in [-0.2, 0) is 17.8 Å². The Bertz CT molecular complexity index is 1280. The Kier molecular flexibility index (Phi) is 7.70. The number of hydrogen-bond acceptors (Lipinski definition) is 7. The number of likely N-dealkylation sites (N-methyl/N-ethyl adjacent to an activating group) is 1. The van der Waals surface area contributed by atoms with Gasteiger partial charge in [0.2, 0.25) is 0 Å². The summed E-state index contributed by atoms with van der Waals surface area (Å²) in [5.41, 5.74) is 3.39. The van der Waals surface area contributed by atoms with Crippen molar-refractivity contribution in [3.63, 3.8) is 0 Å². The molecule has 5 rings (SSSR count). The molecule has 1 aromatic heterocycles. The van der Waals surface area contributed by atoms with Crippen molar-refractivity contribution in [3.8, 4) is 6.01 Å². The van der Waals surface area contributed by atoms with E-state index in [9.17, 15) is 4.79 Å². The lowest BCUT2D eigenvalue weighted by Gasteiger charge is -2.33. The monoisotopic (exact) mass is 499 g/mol. The van der Waals surface area contributed by atoms with Gasteiger partial charge in [0.15, 0.2) is 5.78 Å². The zero-order valence-electron chi connectivity index (χ0n) is 22.2. The molecule has 0 amide bonds. The first-order valence-electron chi connectivity index (χ1n) is 13.4. The SMILES string of the molecule is C/C=C\C(=O)CCN(C)c1nc(OC[C@@H]2CCCN2C)nc2c1CCN(c1cccc3ccccc13)C2. The maximum atomic E-state index is 12.1. The molecule has 37 heavy (non-hydrogen) atoms. The number of rotatable bonds is 9. The van der Waals surface area contributed by atoms with Crippen LogP contribution >= 0.6 is 0 Å². The van der Waals surface area contributed by atoms with Crippen LogP contribution in [0.4, 0.5) is 11.5 Å². The molecular weight excluding hydrogens is 462 g/mol. The highest BCUT2D eigenvalue weighted by molar-refractivity contribution is 5.94. The molecule has 194 valence electrons. The van der Waals surface area contributed by atoms with Crippen LogP contribution in [0.15, 0.2) is 54.6 Å². The normalized spacial score (nSPS) is 17.9. The van der Waals surface area contributed by atoms with Gasteiger partial charge in [-0.3, -0.25) is 4.79 Å². The van der Waals surface area contributed by atoms with Gasteiger partial charge in [0.25, 0.3) is 0 Å². The minimum Gasteiger partial charge on any atom is -0.462 e. The van der Waals surface area contributed by atoms with Gasteiger partial charge >= 0.3 is 6.01 Å². The van der Waals surface area contributed by atoms with E-state index < -0.39 is 0 Å². The van der Waals surface area contributed by atoms with Gasteiger partial charge in [-0.2, -0.15) is 9.97 Å². The molecule has 0 radical (unpaired) electrons. The summed E-state index contributed by atoms with van der Waals surface area (Å²) in [5, 5.41) is 2.49. The number of nitrogens with zero attached hydrogens (tertiary/aromatic N) is 5. The van der Waals surface area contributed by atoms with Gasteiger partial charge in [0.05, 0.1) is 12.2 Å². The first kappa shape index (κ1) is 25.2. The molecule has 1 fully saturated rings. The zero-order chi connectivity index (χ0) is 25.8. The smallest absolute Gasteiger partial charge is 0.318 e. The molecule has 7 nitrogen and oxygen atoms in total. The van der Waals surface area contributed by atoms with Crippen molar-refractivity contribution in [1.29, 1.82) is 0 Å². The van der Waals surface area contributed by atoms with Crippen molar-refractivity contribution < 1.29 is 9.53 Å². The average molecular weight is 500 g/mol. The molecule has 0 saturated carbocycles. The molecule has 0 aliphatic carbocycles. The second-order valence-electron chi connectivity index (χ2n) is 10.2. The Labute approximate surface area is 219 Å². The number of carbonyl (C=O) groups is 1. The summed E-state index contributed by atoms with van der Waals surface area (Å²) in [5.74, 6) is 1.01. The Hall–Kier alpha value is -3.45. The Morgan fingerprint density at radius 1 is 1.16 bits per heavy atom. The van der Waals surface area contributed by atoms with Gasteiger partial charge in [0, 0.05) is 49.2 Å². The van der Waals surface area contributed by atoms with Crippen molar-refractivity contribution in [3.05, 3.63) is 65.9 Å². The molecule has 0 unspecified atom stereocenters. The summed E-state index contributed by atoms with van der Waals surface area (Å²) in [6.07, 6.45) is 7.05. The summed E-state index contributed by atoms with van der Waals surface area (Å²) < 4.78 is 6.21. The Morgan fingerprint density at radius 3 is 2.81 bits per heavy atom. The van der Waals surface area contributed by atoms with Crippen LogP contribution in [0.2, 0.25) is 0 Å². The van der Waals surface area contributed by atoms with E-state index in [4.69, 9.17) is 14.7 Å². The van der Waals surface area contributed by atoms with Crippen LogP contribution < -0.4 is 14.5 Å². The molecular formula is C30H37N5O2. The van der Waals surface area contributed by atoms with Crippen LogP contribution in [0.25, 0.3) is 10.8 Å². The average Bonchev–Trinajstić information content (AvgIpc) is 3.34. The number of hydrogen-bond donors (Lipinski definition) is 0. The lowest BCUT2D eigenvalue weighted by molar-refractivity contribution is -0.114. The van der Waals surface area contributed by atoms with Gasteiger partial charge in [-0.15, -0.1) is 0 Å². The summed E-state index contributed by atoms with van der Waals surface area (Å²) >= 11 is 0. The van der Waals surface area contributed by atoms with E-state index >= 15 is 0 Å². The molecule has 3 heterocycles. The minimum absolute atomic E-state index is 0.125. The molecule has 2 aliphatic rings. The molecule has 3 aromatic rings. The summed E-state index contributed by atoms with van der Waals surface area (Å²) in [4.78, 5) is 28.8. The first-order chi connectivity index (χ1) is 18.0. The van der Waals surface area contributed by atoms with Crippen molar-refractivity contribution in [2.24, 2.45) is 0 Å². The fourth-order valence-electron chi connectivity index (χ4n) is 5.47. The standard InChI is InChI=1S/C30H37N5O2/c1-4-9-24(36)15-18-34(3)29-26-16-19-35(28-14-7-11-22-10-5-6-13-25(22)28)20-27(26)31-30(32-29)37-21-23-12-8-17-33(23)2/h4-7,9-11,13-14,23H,8,12,15-21H2,1-3H3/b9-4-/t23-/m0/s1. The summed E-state index contributed by atoms with van der Waals surface area (Å²) in [7, 11) is 4.16. The number of carbonyl (C=O) groups excluding carboxylic acids is 1. The maximum Gasteiger partial charge on any atom is 0.318 e. The topological polar surface area (TPSA) is 61.8 Å². The number of benzene rings is 2. The van der Waals surface area contributed by atoms with E-state index in [2.05, 4.69) is 64.2 Å². The number of ether oxygens (including phenoxy) is 1. The molecule has 1 saturated heterocycles. The van der Waals surface area contributed by atoms with Gasteiger partial charge in [-0.1, -0.05) is 42.5 Å². The molecule has 1 atom stereocenters. The van der Waals surface area contributed by atoms with Crippen molar-refractivity contribution in [1.82, 2.24) is 14.9 Å². The highest BCUT2D eigenvalue weighted by Crippen LogP contribution is 2.34. The van der Waals surface area contributed by atoms with Crippen LogP contribution in [0.3, 0.4) is 0 Å². The summed E-state index contributed by atoms with van der Waals surface area (Å²) in [6.45, 7) is 5.75. The number of likely N-dealkylation sites (tertiary alicyclic amines) is 1. The van der Waals surface area contributed by atoms with Crippen LogP contribution in [0, 0.1) is 0 Å². The van der Waals surface area contributed by atoms with E-state index in [-0.39, 0.29) is 5.78 Å². The third-order valence-corrected chi connectivity index (χ3v) is 7.61. The fourth-order valence-corrected chi connectivity index (χ4v) is 5.47. The minimum atomic E-state index is 0.125. The van der Waals surface area contributed by atoms with Crippen LogP contribution in [0.1, 0.15) is 37.4 Å². The van der Waals surface area contributed by atoms with Crippen LogP contribution in [0.5, 0.6) is 6.01 Å². The molecule has 7 heteroatoms. The fraction of sp³-hybridized carbons (Fsp3) is 0.433. The third-order valence-electron chi connectivity index (χ3n) is 7.61. The van der Waals surface area contributed by atoms with Crippen molar-refractivity contribution >= 4 is 28.1 Å². The highest BCUT2D eigenvalue weighted by Gasteiger charge is 2.27. The predicted molar refractivity (Wildman–Crippen MR) is 150 cm³/mol. The molecule has 0 bridgehead atoms. The lowest BCUT2D eigenvalue weighted by atomic mass is 10.0. The number of allylic oxidation sites excluding steroid dienone is 2. The van der Waals surface area contributed by atoms with Gasteiger partial charge in [-0.05, 0) is 57.3 Å². The van der Waals surface area contributed by atoms with Crippen LogP contribution in [-0.4, -0.2) is 67.0 Å². The Morgan fingerprint density at radius 2 is 2.00 bits per heavy atom. The lowest BCUT2D eigenvalue weighted by Crippen LogP contribution is -2.34.